The van der Waals surface area contributed by atoms with E-state index < -0.39 is 12.0 Å². The van der Waals surface area contributed by atoms with Crippen LogP contribution in [0.5, 0.6) is 0 Å². The summed E-state index contributed by atoms with van der Waals surface area (Å²) in [4.78, 5) is 28.8. The van der Waals surface area contributed by atoms with Crippen molar-refractivity contribution in [1.82, 2.24) is 30.4 Å². The second-order valence-corrected chi connectivity index (χ2v) is 8.83. The number of benzene rings is 1. The first-order chi connectivity index (χ1) is 16.4. The predicted octanol–water partition coefficient (Wildman–Crippen LogP) is 3.90. The number of aromatic nitrogens is 4. The van der Waals surface area contributed by atoms with Crippen LogP contribution in [0.25, 0.3) is 17.1 Å². The monoisotopic (exact) mass is 498 g/mol. The highest BCUT2D eigenvalue weighted by molar-refractivity contribution is 7.99. The topological polar surface area (TPSA) is 111 Å². The van der Waals surface area contributed by atoms with Gasteiger partial charge in [-0.15, -0.1) is 10.2 Å². The molecule has 0 fully saturated rings. The first-order valence-electron chi connectivity index (χ1n) is 10.6. The lowest BCUT2D eigenvalue weighted by Crippen LogP contribution is -2.49. The Morgan fingerprint density at radius 1 is 1.24 bits per heavy atom. The van der Waals surface area contributed by atoms with E-state index in [1.54, 1.807) is 26.2 Å². The summed E-state index contributed by atoms with van der Waals surface area (Å²) in [6, 6.07) is 8.48. The van der Waals surface area contributed by atoms with Crippen LogP contribution in [0.15, 0.2) is 59.2 Å². The van der Waals surface area contributed by atoms with Gasteiger partial charge in [0.25, 0.3) is 0 Å². The second kappa shape index (κ2) is 10.3. The highest BCUT2D eigenvalue weighted by Crippen LogP contribution is 2.32. The fourth-order valence-corrected chi connectivity index (χ4v) is 4.72. The number of esters is 1. The molecule has 2 amide bonds. The van der Waals surface area contributed by atoms with Crippen molar-refractivity contribution < 1.29 is 14.3 Å². The molecule has 2 N–H and O–H groups in total. The number of amides is 2. The molecule has 1 atom stereocenters. The third-order valence-electron chi connectivity index (χ3n) is 5.26. The smallest absolute Gasteiger partial charge is 0.337 e. The van der Waals surface area contributed by atoms with E-state index in [9.17, 15) is 9.59 Å². The number of thioether (sulfide) groups is 1. The van der Waals surface area contributed by atoms with E-state index in [4.69, 9.17) is 16.3 Å². The summed E-state index contributed by atoms with van der Waals surface area (Å²) in [5.41, 5.74) is 3.39. The number of pyridine rings is 1. The molecule has 34 heavy (non-hydrogen) atoms. The Labute approximate surface area is 206 Å². The number of hydrogen-bond donors (Lipinski definition) is 2. The molecule has 3 aromatic rings. The van der Waals surface area contributed by atoms with E-state index in [-0.39, 0.29) is 18.4 Å². The number of carbonyl (C=O) groups is 2. The Bertz CT molecular complexity index is 1260. The molecule has 0 saturated heterocycles. The van der Waals surface area contributed by atoms with E-state index in [0.29, 0.717) is 27.3 Å². The van der Waals surface area contributed by atoms with Crippen molar-refractivity contribution in [2.24, 2.45) is 0 Å². The van der Waals surface area contributed by atoms with E-state index in [1.807, 2.05) is 41.8 Å². The zero-order valence-electron chi connectivity index (χ0n) is 18.8. The summed E-state index contributed by atoms with van der Waals surface area (Å²) in [6.45, 7) is 5.65. The fourth-order valence-electron chi connectivity index (χ4n) is 3.64. The summed E-state index contributed by atoms with van der Waals surface area (Å²) in [5, 5.41) is 15.5. The Morgan fingerprint density at radius 3 is 2.74 bits per heavy atom. The van der Waals surface area contributed by atoms with Gasteiger partial charge in [0.15, 0.2) is 11.0 Å². The van der Waals surface area contributed by atoms with Gasteiger partial charge >= 0.3 is 12.0 Å². The number of urea groups is 1. The van der Waals surface area contributed by atoms with E-state index in [1.165, 1.54) is 11.8 Å². The Balaban J connectivity index is 1.76. The van der Waals surface area contributed by atoms with Crippen LogP contribution in [-0.4, -0.2) is 50.2 Å². The van der Waals surface area contributed by atoms with Crippen LogP contribution < -0.4 is 10.6 Å². The average Bonchev–Trinajstić information content (AvgIpc) is 3.23. The second-order valence-electron chi connectivity index (χ2n) is 7.48. The zero-order valence-corrected chi connectivity index (χ0v) is 20.4. The Kier molecular flexibility index (Phi) is 7.18. The van der Waals surface area contributed by atoms with Gasteiger partial charge in [-0.05, 0) is 50.6 Å². The van der Waals surface area contributed by atoms with Crippen molar-refractivity contribution in [3.63, 3.8) is 0 Å². The molecule has 0 aliphatic carbocycles. The van der Waals surface area contributed by atoms with E-state index in [2.05, 4.69) is 25.8 Å². The summed E-state index contributed by atoms with van der Waals surface area (Å²) < 4.78 is 7.12. The van der Waals surface area contributed by atoms with Crippen molar-refractivity contribution in [3.05, 3.63) is 64.6 Å². The van der Waals surface area contributed by atoms with Crippen LogP contribution in [0, 0.1) is 6.92 Å². The van der Waals surface area contributed by atoms with Gasteiger partial charge in [-0.25, -0.2) is 9.59 Å². The van der Waals surface area contributed by atoms with Crippen LogP contribution in [0.2, 0.25) is 5.02 Å². The largest absolute Gasteiger partial charge is 0.463 e. The fraction of sp³-hybridized carbons (Fsp3) is 0.261. The Hall–Kier alpha value is -3.37. The van der Waals surface area contributed by atoms with Gasteiger partial charge in [-0.3, -0.25) is 9.55 Å². The zero-order chi connectivity index (χ0) is 24.2. The molecule has 0 radical (unpaired) electrons. The van der Waals surface area contributed by atoms with Crippen molar-refractivity contribution in [3.8, 4) is 17.1 Å². The average molecular weight is 499 g/mol. The maximum atomic E-state index is 12.6. The van der Waals surface area contributed by atoms with E-state index in [0.717, 1.165) is 16.8 Å². The highest BCUT2D eigenvalue weighted by atomic mass is 35.5. The highest BCUT2D eigenvalue weighted by Gasteiger charge is 2.30. The molecule has 2 aromatic heterocycles. The lowest BCUT2D eigenvalue weighted by molar-refractivity contribution is -0.138. The quantitative estimate of drug-likeness (QED) is 0.375. The van der Waals surface area contributed by atoms with Gasteiger partial charge in [0, 0.05) is 34.4 Å². The number of halogens is 1. The van der Waals surface area contributed by atoms with E-state index >= 15 is 0 Å². The third-order valence-corrected chi connectivity index (χ3v) is 6.63. The third kappa shape index (κ3) is 4.78. The first kappa shape index (κ1) is 23.8. The predicted molar refractivity (Wildman–Crippen MR) is 130 cm³/mol. The molecule has 176 valence electrons. The summed E-state index contributed by atoms with van der Waals surface area (Å²) in [6.07, 6.45) is 3.38. The molecule has 9 nitrogen and oxygen atoms in total. The molecular formula is C23H23ClN6O3S. The van der Waals surface area contributed by atoms with Crippen LogP contribution in [0.4, 0.5) is 4.79 Å². The molecule has 0 saturated carbocycles. The minimum atomic E-state index is -0.483. The normalized spacial score (nSPS) is 15.6. The number of carbonyl (C=O) groups excluding carboxylic acids is 2. The number of hydrogen-bond acceptors (Lipinski definition) is 7. The van der Waals surface area contributed by atoms with Crippen LogP contribution >= 0.6 is 23.4 Å². The minimum absolute atomic E-state index is 0.237. The number of ether oxygens (including phenoxy) is 1. The van der Waals surface area contributed by atoms with Crippen LogP contribution in [0.3, 0.4) is 0 Å². The van der Waals surface area contributed by atoms with Crippen molar-refractivity contribution in [2.75, 3.05) is 12.4 Å². The van der Waals surface area contributed by atoms with Gasteiger partial charge < -0.3 is 15.4 Å². The molecule has 4 rings (SSSR count). The summed E-state index contributed by atoms with van der Waals surface area (Å²) in [7, 11) is 0. The van der Waals surface area contributed by atoms with Gasteiger partial charge in [0.2, 0.25) is 0 Å². The lowest BCUT2D eigenvalue weighted by atomic mass is 10.1. The molecule has 1 aliphatic heterocycles. The van der Waals surface area contributed by atoms with Gasteiger partial charge in [-0.1, -0.05) is 29.4 Å². The maximum absolute atomic E-state index is 12.6. The summed E-state index contributed by atoms with van der Waals surface area (Å²) in [5.74, 6) is 0.431. The minimum Gasteiger partial charge on any atom is -0.463 e. The SMILES string of the molecule is CCOC(=O)C1=C(CSc2nnc(-c3ccncc3)n2-c2cccc(Cl)c2C)NC(=O)N[C@@H]1C. The summed E-state index contributed by atoms with van der Waals surface area (Å²) >= 11 is 7.76. The molecule has 1 aliphatic rings. The molecule has 11 heteroatoms. The van der Waals surface area contributed by atoms with Crippen LogP contribution in [0.1, 0.15) is 19.4 Å². The number of rotatable bonds is 7. The number of nitrogens with zero attached hydrogens (tertiary/aromatic N) is 4. The standard InChI is InChI=1S/C23H23ClN6O3S/c1-4-33-21(31)19-14(3)26-22(32)27-17(19)12-34-23-29-28-20(15-8-10-25-11-9-15)30(23)18-7-5-6-16(24)13(18)2/h5-11,14H,4,12H2,1-3H3,(H2,26,27,32)/t14-/m1/s1. The Morgan fingerprint density at radius 2 is 2.00 bits per heavy atom. The maximum Gasteiger partial charge on any atom is 0.337 e. The first-order valence-corrected chi connectivity index (χ1v) is 12.0. The number of nitrogens with one attached hydrogen (secondary N) is 2. The molecular weight excluding hydrogens is 476 g/mol. The molecule has 0 bridgehead atoms. The molecule has 1 aromatic carbocycles. The van der Waals surface area contributed by atoms with Gasteiger partial charge in [0.05, 0.1) is 23.9 Å². The van der Waals surface area contributed by atoms with Crippen LogP contribution in [-0.2, 0) is 9.53 Å². The van der Waals surface area contributed by atoms with Crippen molar-refractivity contribution in [1.29, 1.82) is 0 Å². The van der Waals surface area contributed by atoms with Crippen molar-refractivity contribution >= 4 is 35.4 Å². The molecule has 3 heterocycles. The molecule has 0 spiro atoms. The van der Waals surface area contributed by atoms with Crippen molar-refractivity contribution in [2.45, 2.75) is 32.0 Å². The molecule has 0 unspecified atom stereocenters. The van der Waals surface area contributed by atoms with Gasteiger partial charge in [0.1, 0.15) is 0 Å². The lowest BCUT2D eigenvalue weighted by Gasteiger charge is -2.26. The van der Waals surface area contributed by atoms with Gasteiger partial charge in [-0.2, -0.15) is 0 Å².